The van der Waals surface area contributed by atoms with Crippen LogP contribution in [0.1, 0.15) is 21.6 Å². The lowest BCUT2D eigenvalue weighted by Gasteiger charge is -2.08. The van der Waals surface area contributed by atoms with Gasteiger partial charge >= 0.3 is 5.97 Å². The van der Waals surface area contributed by atoms with Gasteiger partial charge in [0, 0.05) is 11.8 Å². The molecule has 0 aliphatic rings. The van der Waals surface area contributed by atoms with E-state index >= 15 is 0 Å². The summed E-state index contributed by atoms with van der Waals surface area (Å²) >= 11 is 0. The Hall–Kier alpha value is -2.43. The molecule has 0 spiro atoms. The third-order valence-corrected chi connectivity index (χ3v) is 2.48. The van der Waals surface area contributed by atoms with Crippen LogP contribution in [0, 0.1) is 19.7 Å². The summed E-state index contributed by atoms with van der Waals surface area (Å²) in [4.78, 5) is 15.0. The van der Waals surface area contributed by atoms with E-state index in [-0.39, 0.29) is 17.2 Å². The van der Waals surface area contributed by atoms with Crippen LogP contribution in [-0.2, 0) is 0 Å². The van der Waals surface area contributed by atoms with Gasteiger partial charge in [0.05, 0.1) is 5.56 Å². The topological polar surface area (TPSA) is 59.4 Å². The first-order valence-electron chi connectivity index (χ1n) is 5.61. The smallest absolute Gasteiger partial charge is 0.335 e. The quantitative estimate of drug-likeness (QED) is 0.920. The fourth-order valence-electron chi connectivity index (χ4n) is 1.62. The van der Waals surface area contributed by atoms with Gasteiger partial charge in [-0.15, -0.1) is 0 Å². The average molecular weight is 261 g/mol. The number of carboxylic acid groups (broad SMARTS) is 1. The summed E-state index contributed by atoms with van der Waals surface area (Å²) in [5, 5.41) is 8.94. The van der Waals surface area contributed by atoms with E-state index < -0.39 is 11.8 Å². The summed E-state index contributed by atoms with van der Waals surface area (Å²) in [6.07, 6.45) is 0. The van der Waals surface area contributed by atoms with Crippen molar-refractivity contribution in [3.63, 3.8) is 0 Å². The van der Waals surface area contributed by atoms with Crippen molar-refractivity contribution in [1.82, 2.24) is 4.98 Å². The highest BCUT2D eigenvalue weighted by Gasteiger charge is 2.10. The number of carboxylic acids is 1. The van der Waals surface area contributed by atoms with Crippen molar-refractivity contribution in [3.8, 4) is 11.6 Å². The van der Waals surface area contributed by atoms with Crippen LogP contribution < -0.4 is 4.74 Å². The van der Waals surface area contributed by atoms with Crippen molar-refractivity contribution in [2.45, 2.75) is 13.8 Å². The van der Waals surface area contributed by atoms with Gasteiger partial charge in [0.25, 0.3) is 0 Å². The van der Waals surface area contributed by atoms with Crippen molar-refractivity contribution in [2.24, 2.45) is 0 Å². The van der Waals surface area contributed by atoms with Crippen LogP contribution in [0.4, 0.5) is 4.39 Å². The minimum atomic E-state index is -1.08. The Balaban J connectivity index is 2.38. The number of nitrogens with zero attached hydrogens (tertiary/aromatic N) is 1. The van der Waals surface area contributed by atoms with Crippen molar-refractivity contribution < 1.29 is 19.0 Å². The number of aromatic nitrogens is 1. The second-order valence-corrected chi connectivity index (χ2v) is 4.18. The van der Waals surface area contributed by atoms with Crippen LogP contribution in [0.3, 0.4) is 0 Å². The van der Waals surface area contributed by atoms with Gasteiger partial charge in [0.15, 0.2) is 11.6 Å². The number of aromatic carboxylic acids is 1. The molecule has 1 aromatic carbocycles. The maximum Gasteiger partial charge on any atom is 0.335 e. The molecule has 0 saturated carbocycles. The number of benzene rings is 1. The third-order valence-electron chi connectivity index (χ3n) is 2.48. The van der Waals surface area contributed by atoms with Gasteiger partial charge in [-0.1, -0.05) is 6.07 Å². The number of hydrogen-bond acceptors (Lipinski definition) is 3. The standard InChI is InChI=1S/C14H12FNO3/c1-8-3-4-11(15)12(5-8)19-13-7-10(14(17)18)6-9(2)16-13/h3-7H,1-2H3,(H,17,18). The van der Waals surface area contributed by atoms with E-state index in [0.29, 0.717) is 5.69 Å². The van der Waals surface area contributed by atoms with Crippen molar-refractivity contribution in [1.29, 1.82) is 0 Å². The molecule has 1 aromatic heterocycles. The van der Waals surface area contributed by atoms with Gasteiger partial charge in [-0.2, -0.15) is 0 Å². The van der Waals surface area contributed by atoms with Crippen LogP contribution in [0.5, 0.6) is 11.6 Å². The SMILES string of the molecule is Cc1ccc(F)c(Oc2cc(C(=O)O)cc(C)n2)c1. The van der Waals surface area contributed by atoms with Gasteiger partial charge in [0.1, 0.15) is 0 Å². The highest BCUT2D eigenvalue weighted by Crippen LogP contribution is 2.25. The van der Waals surface area contributed by atoms with Gasteiger partial charge < -0.3 is 9.84 Å². The van der Waals surface area contributed by atoms with Crippen LogP contribution in [0.15, 0.2) is 30.3 Å². The fourth-order valence-corrected chi connectivity index (χ4v) is 1.62. The molecule has 0 fully saturated rings. The molecular weight excluding hydrogens is 249 g/mol. The second kappa shape index (κ2) is 5.06. The molecule has 1 heterocycles. The maximum atomic E-state index is 13.5. The van der Waals surface area contributed by atoms with E-state index in [4.69, 9.17) is 9.84 Å². The van der Waals surface area contributed by atoms with Crippen LogP contribution >= 0.6 is 0 Å². The summed E-state index contributed by atoms with van der Waals surface area (Å²) < 4.78 is 18.9. The van der Waals surface area contributed by atoms with Crippen molar-refractivity contribution in [2.75, 3.05) is 0 Å². The van der Waals surface area contributed by atoms with Gasteiger partial charge in [-0.3, -0.25) is 0 Å². The Bertz CT molecular complexity index is 641. The number of rotatable bonds is 3. The number of ether oxygens (including phenoxy) is 1. The molecule has 5 heteroatoms. The zero-order chi connectivity index (χ0) is 14.0. The largest absolute Gasteiger partial charge is 0.478 e. The molecule has 0 bridgehead atoms. The lowest BCUT2D eigenvalue weighted by Crippen LogP contribution is -2.00. The fraction of sp³-hybridized carbons (Fsp3) is 0.143. The number of carbonyl (C=O) groups is 1. The van der Waals surface area contributed by atoms with Gasteiger partial charge in [-0.25, -0.2) is 14.2 Å². The molecule has 2 rings (SSSR count). The Morgan fingerprint density at radius 3 is 2.68 bits per heavy atom. The van der Waals surface area contributed by atoms with E-state index in [1.165, 1.54) is 24.3 Å². The highest BCUT2D eigenvalue weighted by atomic mass is 19.1. The molecule has 4 nitrogen and oxygen atoms in total. The molecule has 2 aromatic rings. The number of halogens is 1. The normalized spacial score (nSPS) is 10.3. The van der Waals surface area contributed by atoms with E-state index in [1.807, 2.05) is 0 Å². The highest BCUT2D eigenvalue weighted by molar-refractivity contribution is 5.88. The third kappa shape index (κ3) is 3.07. The van der Waals surface area contributed by atoms with Crippen LogP contribution in [-0.4, -0.2) is 16.1 Å². The molecular formula is C14H12FNO3. The van der Waals surface area contributed by atoms with E-state index in [2.05, 4.69) is 4.98 Å². The Morgan fingerprint density at radius 2 is 2.00 bits per heavy atom. The first-order valence-corrected chi connectivity index (χ1v) is 5.61. The number of pyridine rings is 1. The number of aryl methyl sites for hydroxylation is 2. The molecule has 0 atom stereocenters. The summed E-state index contributed by atoms with van der Waals surface area (Å²) in [5.74, 6) is -1.53. The first kappa shape index (κ1) is 13.0. The predicted molar refractivity (Wildman–Crippen MR) is 67.1 cm³/mol. The molecule has 0 amide bonds. The van der Waals surface area contributed by atoms with Crippen LogP contribution in [0.2, 0.25) is 0 Å². The Kier molecular flexibility index (Phi) is 3.46. The molecule has 19 heavy (non-hydrogen) atoms. The molecule has 0 saturated heterocycles. The van der Waals surface area contributed by atoms with E-state index in [1.54, 1.807) is 19.9 Å². The monoisotopic (exact) mass is 261 g/mol. The van der Waals surface area contributed by atoms with Gasteiger partial charge in [0.2, 0.25) is 5.88 Å². The van der Waals surface area contributed by atoms with Gasteiger partial charge in [-0.05, 0) is 37.6 Å². The minimum Gasteiger partial charge on any atom is -0.478 e. The molecule has 0 radical (unpaired) electrons. The number of hydrogen-bond donors (Lipinski definition) is 1. The summed E-state index contributed by atoms with van der Waals surface area (Å²) in [6.45, 7) is 3.45. The zero-order valence-corrected chi connectivity index (χ0v) is 10.5. The summed E-state index contributed by atoms with van der Waals surface area (Å²) in [7, 11) is 0. The maximum absolute atomic E-state index is 13.5. The summed E-state index contributed by atoms with van der Waals surface area (Å²) in [6, 6.07) is 7.12. The minimum absolute atomic E-state index is 0.0226. The Labute approximate surface area is 109 Å². The lowest BCUT2D eigenvalue weighted by molar-refractivity contribution is 0.0696. The average Bonchev–Trinajstić information content (AvgIpc) is 2.33. The molecule has 0 aliphatic carbocycles. The van der Waals surface area contributed by atoms with Crippen molar-refractivity contribution in [3.05, 3.63) is 53.0 Å². The Morgan fingerprint density at radius 1 is 1.26 bits per heavy atom. The molecule has 1 N–H and O–H groups in total. The predicted octanol–water partition coefficient (Wildman–Crippen LogP) is 3.33. The van der Waals surface area contributed by atoms with Crippen LogP contribution in [0.25, 0.3) is 0 Å². The summed E-state index contributed by atoms with van der Waals surface area (Å²) in [5.41, 5.74) is 1.38. The molecule has 0 unspecified atom stereocenters. The lowest BCUT2D eigenvalue weighted by atomic mass is 10.2. The second-order valence-electron chi connectivity index (χ2n) is 4.18. The zero-order valence-electron chi connectivity index (χ0n) is 10.5. The molecule has 0 aliphatic heterocycles. The molecule has 98 valence electrons. The van der Waals surface area contributed by atoms with E-state index in [0.717, 1.165) is 5.56 Å². The van der Waals surface area contributed by atoms with Crippen molar-refractivity contribution >= 4 is 5.97 Å². The van der Waals surface area contributed by atoms with E-state index in [9.17, 15) is 9.18 Å². The first-order chi connectivity index (χ1) is 8.95.